The van der Waals surface area contributed by atoms with E-state index in [1.807, 2.05) is 17.0 Å². The number of ether oxygens (including phenoxy) is 1. The number of fused-ring (bicyclic) bond motifs is 1. The van der Waals surface area contributed by atoms with Crippen molar-refractivity contribution >= 4 is 11.8 Å². The van der Waals surface area contributed by atoms with Gasteiger partial charge in [0.15, 0.2) is 0 Å². The minimum Gasteiger partial charge on any atom is -0.364 e. The number of rotatable bonds is 3. The van der Waals surface area contributed by atoms with Gasteiger partial charge in [-0.3, -0.25) is 19.6 Å². The summed E-state index contributed by atoms with van der Waals surface area (Å²) in [6.07, 6.45) is 6.49. The highest BCUT2D eigenvalue weighted by Gasteiger charge is 2.44. The average Bonchev–Trinajstić information content (AvgIpc) is 3.10. The van der Waals surface area contributed by atoms with Crippen LogP contribution in [-0.4, -0.2) is 63.4 Å². The number of hydrogen-bond acceptors (Lipinski definition) is 5. The molecule has 0 aliphatic carbocycles. The van der Waals surface area contributed by atoms with E-state index >= 15 is 0 Å². The van der Waals surface area contributed by atoms with Gasteiger partial charge < -0.3 is 14.5 Å². The minimum atomic E-state index is -0.148. The molecule has 2 unspecified atom stereocenters. The van der Waals surface area contributed by atoms with Crippen molar-refractivity contribution in [3.05, 3.63) is 60.2 Å². The Morgan fingerprint density at radius 1 is 1.08 bits per heavy atom. The van der Waals surface area contributed by atoms with Crippen molar-refractivity contribution in [2.45, 2.75) is 18.7 Å². The summed E-state index contributed by atoms with van der Waals surface area (Å²) in [5, 5.41) is 0. The molecule has 0 radical (unpaired) electrons. The molecule has 7 heteroatoms. The van der Waals surface area contributed by atoms with E-state index in [4.69, 9.17) is 4.74 Å². The van der Waals surface area contributed by atoms with Gasteiger partial charge >= 0.3 is 0 Å². The van der Waals surface area contributed by atoms with E-state index < -0.39 is 0 Å². The van der Waals surface area contributed by atoms with E-state index in [9.17, 15) is 9.59 Å². The molecule has 2 atom stereocenters. The lowest BCUT2D eigenvalue weighted by molar-refractivity contribution is -0.153. The van der Waals surface area contributed by atoms with Crippen LogP contribution in [0.5, 0.6) is 0 Å². The summed E-state index contributed by atoms with van der Waals surface area (Å²) in [5.74, 6) is -0.104. The standard InChI is InChI=1S/C18H18N4O3/c23-17-12-25-16-11-21(18(24)14-3-7-20-8-4-14)10-15(16)22(17)9-13-1-5-19-6-2-13/h1-8,15-16H,9-12H2. The predicted molar refractivity (Wildman–Crippen MR) is 88.5 cm³/mol. The Hall–Kier alpha value is -2.80. The highest BCUT2D eigenvalue weighted by Crippen LogP contribution is 2.26. The maximum Gasteiger partial charge on any atom is 0.254 e. The van der Waals surface area contributed by atoms with Gasteiger partial charge in [-0.1, -0.05) is 0 Å². The summed E-state index contributed by atoms with van der Waals surface area (Å²) in [7, 11) is 0. The summed E-state index contributed by atoms with van der Waals surface area (Å²) in [4.78, 5) is 36.6. The van der Waals surface area contributed by atoms with Crippen molar-refractivity contribution in [2.75, 3.05) is 19.7 Å². The van der Waals surface area contributed by atoms with Crippen molar-refractivity contribution in [2.24, 2.45) is 0 Å². The number of likely N-dealkylation sites (tertiary alicyclic amines) is 1. The lowest BCUT2D eigenvalue weighted by Gasteiger charge is -2.36. The molecular formula is C18H18N4O3. The third-order valence-corrected chi connectivity index (χ3v) is 4.70. The summed E-state index contributed by atoms with van der Waals surface area (Å²) in [5.41, 5.74) is 1.61. The van der Waals surface area contributed by atoms with Crippen LogP contribution < -0.4 is 0 Å². The van der Waals surface area contributed by atoms with Crippen molar-refractivity contribution in [3.63, 3.8) is 0 Å². The first-order valence-electron chi connectivity index (χ1n) is 8.21. The molecule has 2 aliphatic rings. The molecule has 4 rings (SSSR count). The lowest BCUT2D eigenvalue weighted by atomic mass is 10.1. The SMILES string of the molecule is O=C(c1ccncc1)N1CC2OCC(=O)N(Cc3ccncc3)C2C1. The molecule has 4 heterocycles. The first-order chi connectivity index (χ1) is 12.2. The normalized spacial score (nSPS) is 22.8. The van der Waals surface area contributed by atoms with Crippen LogP contribution in [0.25, 0.3) is 0 Å². The molecule has 2 fully saturated rings. The molecule has 0 saturated carbocycles. The van der Waals surface area contributed by atoms with Gasteiger partial charge in [0.25, 0.3) is 5.91 Å². The highest BCUT2D eigenvalue weighted by molar-refractivity contribution is 5.94. The molecule has 25 heavy (non-hydrogen) atoms. The van der Waals surface area contributed by atoms with Crippen LogP contribution in [0, 0.1) is 0 Å². The van der Waals surface area contributed by atoms with Gasteiger partial charge in [0.2, 0.25) is 5.91 Å². The minimum absolute atomic E-state index is 0.0451. The molecule has 2 amide bonds. The molecule has 0 N–H and O–H groups in total. The second kappa shape index (κ2) is 6.60. The number of carbonyl (C=O) groups excluding carboxylic acids is 2. The Bertz CT molecular complexity index is 768. The van der Waals surface area contributed by atoms with E-state index in [0.717, 1.165) is 5.56 Å². The molecule has 2 aromatic rings. The number of morpholine rings is 1. The molecule has 2 aromatic heterocycles. The van der Waals surface area contributed by atoms with Crippen molar-refractivity contribution in [3.8, 4) is 0 Å². The molecular weight excluding hydrogens is 320 g/mol. The molecule has 0 spiro atoms. The monoisotopic (exact) mass is 338 g/mol. The first kappa shape index (κ1) is 15.7. The Kier molecular flexibility index (Phi) is 4.15. The van der Waals surface area contributed by atoms with E-state index in [1.165, 1.54) is 0 Å². The predicted octanol–water partition coefficient (Wildman–Crippen LogP) is 0.729. The number of pyridine rings is 2. The van der Waals surface area contributed by atoms with Crippen LogP contribution in [0.3, 0.4) is 0 Å². The van der Waals surface area contributed by atoms with Gasteiger partial charge in [-0.25, -0.2) is 0 Å². The van der Waals surface area contributed by atoms with Crippen LogP contribution in [0.4, 0.5) is 0 Å². The molecule has 0 aromatic carbocycles. The smallest absolute Gasteiger partial charge is 0.254 e. The van der Waals surface area contributed by atoms with E-state index in [0.29, 0.717) is 25.2 Å². The molecule has 2 aliphatic heterocycles. The van der Waals surface area contributed by atoms with Gasteiger partial charge in [-0.05, 0) is 29.8 Å². The van der Waals surface area contributed by atoms with Crippen LogP contribution >= 0.6 is 0 Å². The lowest BCUT2D eigenvalue weighted by Crippen LogP contribution is -2.53. The Morgan fingerprint density at radius 2 is 1.76 bits per heavy atom. The van der Waals surface area contributed by atoms with Gasteiger partial charge in [0, 0.05) is 50.0 Å². The Balaban J connectivity index is 1.52. The van der Waals surface area contributed by atoms with Crippen molar-refractivity contribution < 1.29 is 14.3 Å². The van der Waals surface area contributed by atoms with Gasteiger partial charge in [-0.2, -0.15) is 0 Å². The number of hydrogen-bond donors (Lipinski definition) is 0. The summed E-state index contributed by atoms with van der Waals surface area (Å²) >= 11 is 0. The second-order valence-corrected chi connectivity index (χ2v) is 6.24. The van der Waals surface area contributed by atoms with Crippen LogP contribution in [0.15, 0.2) is 49.1 Å². The van der Waals surface area contributed by atoms with Gasteiger partial charge in [0.1, 0.15) is 6.61 Å². The first-order valence-corrected chi connectivity index (χ1v) is 8.21. The second-order valence-electron chi connectivity index (χ2n) is 6.24. The zero-order valence-electron chi connectivity index (χ0n) is 13.6. The molecule has 128 valence electrons. The topological polar surface area (TPSA) is 75.6 Å². The Labute approximate surface area is 145 Å². The Morgan fingerprint density at radius 3 is 2.48 bits per heavy atom. The zero-order chi connectivity index (χ0) is 17.2. The van der Waals surface area contributed by atoms with Crippen molar-refractivity contribution in [1.29, 1.82) is 0 Å². The van der Waals surface area contributed by atoms with Crippen molar-refractivity contribution in [1.82, 2.24) is 19.8 Å². The third kappa shape index (κ3) is 3.10. The maximum absolute atomic E-state index is 12.7. The van der Waals surface area contributed by atoms with Gasteiger partial charge in [-0.15, -0.1) is 0 Å². The average molecular weight is 338 g/mol. The quantitative estimate of drug-likeness (QED) is 0.825. The zero-order valence-corrected chi connectivity index (χ0v) is 13.6. The molecule has 0 bridgehead atoms. The molecule has 7 nitrogen and oxygen atoms in total. The van der Waals surface area contributed by atoms with Crippen LogP contribution in [0.1, 0.15) is 15.9 Å². The molecule has 2 saturated heterocycles. The fourth-order valence-electron chi connectivity index (χ4n) is 3.40. The van der Waals surface area contributed by atoms with Gasteiger partial charge in [0.05, 0.1) is 12.1 Å². The van der Waals surface area contributed by atoms with Crippen LogP contribution in [0.2, 0.25) is 0 Å². The number of aromatic nitrogens is 2. The van der Waals surface area contributed by atoms with E-state index in [1.54, 1.807) is 41.8 Å². The summed E-state index contributed by atoms with van der Waals surface area (Å²) < 4.78 is 5.69. The number of carbonyl (C=O) groups is 2. The summed E-state index contributed by atoms with van der Waals surface area (Å²) in [6.45, 7) is 1.53. The third-order valence-electron chi connectivity index (χ3n) is 4.70. The van der Waals surface area contributed by atoms with E-state index in [-0.39, 0.29) is 30.6 Å². The van der Waals surface area contributed by atoms with E-state index in [2.05, 4.69) is 9.97 Å². The largest absolute Gasteiger partial charge is 0.364 e. The number of amides is 2. The van der Waals surface area contributed by atoms with Crippen LogP contribution in [-0.2, 0) is 16.1 Å². The fourth-order valence-corrected chi connectivity index (χ4v) is 3.40. The fraction of sp³-hybridized carbons (Fsp3) is 0.333. The maximum atomic E-state index is 12.7. The summed E-state index contributed by atoms with van der Waals surface area (Å²) in [6, 6.07) is 7.06. The number of nitrogens with zero attached hydrogens (tertiary/aromatic N) is 4. The highest BCUT2D eigenvalue weighted by atomic mass is 16.5.